The molecular weight excluding hydrogens is 403 g/mol. The van der Waals surface area contributed by atoms with Crippen molar-refractivity contribution in [2.45, 2.75) is 33.9 Å². The molecule has 3 rings (SSSR count). The Bertz CT molecular complexity index is 1070. The lowest BCUT2D eigenvalue weighted by atomic mass is 10.1. The van der Waals surface area contributed by atoms with Gasteiger partial charge in [-0.2, -0.15) is 0 Å². The summed E-state index contributed by atoms with van der Waals surface area (Å²) in [6.45, 7) is 5.09. The summed E-state index contributed by atoms with van der Waals surface area (Å²) in [6.07, 6.45) is 0. The molecule has 0 aliphatic carbocycles. The fourth-order valence-electron chi connectivity index (χ4n) is 2.83. The maximum absolute atomic E-state index is 13.6. The molecule has 0 atom stereocenters. The van der Waals surface area contributed by atoms with Crippen LogP contribution >= 0.6 is 0 Å². The van der Waals surface area contributed by atoms with Gasteiger partial charge in [-0.25, -0.2) is 9.18 Å². The molecule has 162 valence electrons. The molecule has 1 heterocycles. The van der Waals surface area contributed by atoms with E-state index in [4.69, 9.17) is 14.0 Å². The first-order valence-electron chi connectivity index (χ1n) is 9.67. The standard InChI is InChI=1S/C23H23FN2O5/c1-14-8-9-17(10-20(14)24)11-25-22(27)13-30-23(28)18-6-4-5-7-21(18)29-12-19-15(2)26-31-16(19)3/h4-10H,11-13H2,1-3H3,(H,25,27). The molecule has 0 unspecified atom stereocenters. The molecule has 8 heteroatoms. The number of hydrogen-bond acceptors (Lipinski definition) is 6. The number of ether oxygens (including phenoxy) is 2. The number of aromatic nitrogens is 1. The number of nitrogens with zero attached hydrogens (tertiary/aromatic N) is 1. The Kier molecular flexibility index (Phi) is 7.02. The smallest absolute Gasteiger partial charge is 0.342 e. The highest BCUT2D eigenvalue weighted by atomic mass is 19.1. The van der Waals surface area contributed by atoms with Gasteiger partial charge in [0.05, 0.1) is 11.3 Å². The number of para-hydroxylation sites is 1. The van der Waals surface area contributed by atoms with Gasteiger partial charge in [-0.05, 0) is 50.1 Å². The third kappa shape index (κ3) is 5.69. The van der Waals surface area contributed by atoms with E-state index in [-0.39, 0.29) is 24.5 Å². The number of esters is 1. The van der Waals surface area contributed by atoms with Crippen LogP contribution in [-0.4, -0.2) is 23.6 Å². The van der Waals surface area contributed by atoms with E-state index in [0.717, 1.165) is 5.56 Å². The van der Waals surface area contributed by atoms with Crippen LogP contribution in [-0.2, 0) is 22.7 Å². The van der Waals surface area contributed by atoms with E-state index >= 15 is 0 Å². The van der Waals surface area contributed by atoms with Crippen LogP contribution in [0.25, 0.3) is 0 Å². The summed E-state index contributed by atoms with van der Waals surface area (Å²) >= 11 is 0. The van der Waals surface area contributed by atoms with Crippen molar-refractivity contribution in [2.75, 3.05) is 6.61 Å². The Balaban J connectivity index is 1.54. The van der Waals surface area contributed by atoms with Gasteiger partial charge >= 0.3 is 5.97 Å². The SMILES string of the molecule is Cc1ccc(CNC(=O)COC(=O)c2ccccc2OCc2c(C)noc2C)cc1F. The third-order valence-corrected chi connectivity index (χ3v) is 4.72. The molecule has 0 saturated carbocycles. The minimum Gasteiger partial charge on any atom is -0.488 e. The van der Waals surface area contributed by atoms with E-state index in [9.17, 15) is 14.0 Å². The number of carbonyl (C=O) groups is 2. The minimum absolute atomic E-state index is 0.130. The van der Waals surface area contributed by atoms with Crippen molar-refractivity contribution >= 4 is 11.9 Å². The van der Waals surface area contributed by atoms with Gasteiger partial charge in [-0.3, -0.25) is 4.79 Å². The molecule has 1 amide bonds. The van der Waals surface area contributed by atoms with Crippen molar-refractivity contribution in [1.29, 1.82) is 0 Å². The van der Waals surface area contributed by atoms with Crippen LogP contribution in [0.5, 0.6) is 5.75 Å². The van der Waals surface area contributed by atoms with Gasteiger partial charge in [0.2, 0.25) is 0 Å². The van der Waals surface area contributed by atoms with Crippen LogP contribution in [0, 0.1) is 26.6 Å². The Morgan fingerprint density at radius 3 is 2.61 bits per heavy atom. The van der Waals surface area contributed by atoms with Gasteiger partial charge < -0.3 is 19.3 Å². The van der Waals surface area contributed by atoms with Gasteiger partial charge in [-0.15, -0.1) is 0 Å². The lowest BCUT2D eigenvalue weighted by Gasteiger charge is -2.11. The number of rotatable bonds is 8. The van der Waals surface area contributed by atoms with Gasteiger partial charge in [0.15, 0.2) is 6.61 Å². The highest BCUT2D eigenvalue weighted by Gasteiger charge is 2.17. The minimum atomic E-state index is -0.689. The molecule has 0 aliphatic rings. The molecule has 7 nitrogen and oxygen atoms in total. The number of aryl methyl sites for hydroxylation is 3. The average Bonchev–Trinajstić information content (AvgIpc) is 3.08. The van der Waals surface area contributed by atoms with Gasteiger partial charge in [0.25, 0.3) is 5.91 Å². The van der Waals surface area contributed by atoms with E-state index in [1.807, 2.05) is 0 Å². The second-order valence-corrected chi connectivity index (χ2v) is 7.02. The molecule has 3 aromatic rings. The van der Waals surface area contributed by atoms with Crippen molar-refractivity contribution in [1.82, 2.24) is 10.5 Å². The highest BCUT2D eigenvalue weighted by molar-refractivity contribution is 5.94. The maximum atomic E-state index is 13.6. The first kappa shape index (κ1) is 22.0. The van der Waals surface area contributed by atoms with E-state index in [0.29, 0.717) is 28.3 Å². The van der Waals surface area contributed by atoms with Crippen molar-refractivity contribution in [3.63, 3.8) is 0 Å². The average molecular weight is 426 g/mol. The molecule has 0 bridgehead atoms. The van der Waals surface area contributed by atoms with E-state index in [1.54, 1.807) is 57.2 Å². The van der Waals surface area contributed by atoms with E-state index < -0.39 is 18.5 Å². The van der Waals surface area contributed by atoms with Crippen LogP contribution in [0.2, 0.25) is 0 Å². The zero-order chi connectivity index (χ0) is 22.4. The fraction of sp³-hybridized carbons (Fsp3) is 0.261. The summed E-state index contributed by atoms with van der Waals surface area (Å²) in [5.74, 6) is -0.563. The number of nitrogens with one attached hydrogen (secondary N) is 1. The summed E-state index contributed by atoms with van der Waals surface area (Å²) in [7, 11) is 0. The highest BCUT2D eigenvalue weighted by Crippen LogP contribution is 2.22. The molecule has 2 aromatic carbocycles. The molecule has 0 spiro atoms. The molecular formula is C23H23FN2O5. The number of amides is 1. The predicted molar refractivity (Wildman–Crippen MR) is 110 cm³/mol. The Labute approximate surface area is 179 Å². The lowest BCUT2D eigenvalue weighted by molar-refractivity contribution is -0.124. The zero-order valence-electron chi connectivity index (χ0n) is 17.5. The summed E-state index contributed by atoms with van der Waals surface area (Å²) in [4.78, 5) is 24.5. The predicted octanol–water partition coefficient (Wildman–Crippen LogP) is 3.79. The number of hydrogen-bond donors (Lipinski definition) is 1. The largest absolute Gasteiger partial charge is 0.488 e. The molecule has 0 fully saturated rings. The van der Waals surface area contributed by atoms with Crippen molar-refractivity contribution in [2.24, 2.45) is 0 Å². The summed E-state index contributed by atoms with van der Waals surface area (Å²) in [6, 6.07) is 11.3. The van der Waals surface area contributed by atoms with Gasteiger partial charge in [0, 0.05) is 6.54 Å². The van der Waals surface area contributed by atoms with Crippen LogP contribution < -0.4 is 10.1 Å². The van der Waals surface area contributed by atoms with E-state index in [2.05, 4.69) is 10.5 Å². The van der Waals surface area contributed by atoms with Gasteiger partial charge in [0.1, 0.15) is 29.5 Å². The summed E-state index contributed by atoms with van der Waals surface area (Å²) in [5, 5.41) is 6.46. The molecule has 1 N–H and O–H groups in total. The topological polar surface area (TPSA) is 90.7 Å². The van der Waals surface area contributed by atoms with Crippen molar-refractivity contribution in [3.8, 4) is 5.75 Å². The Hall–Kier alpha value is -3.68. The zero-order valence-corrected chi connectivity index (χ0v) is 17.5. The molecule has 0 radical (unpaired) electrons. The second-order valence-electron chi connectivity index (χ2n) is 7.02. The monoisotopic (exact) mass is 426 g/mol. The second kappa shape index (κ2) is 9.88. The van der Waals surface area contributed by atoms with Crippen molar-refractivity contribution in [3.05, 3.63) is 82.0 Å². The van der Waals surface area contributed by atoms with Crippen LogP contribution in [0.15, 0.2) is 47.0 Å². The summed E-state index contributed by atoms with van der Waals surface area (Å²) < 4.78 is 29.6. The summed E-state index contributed by atoms with van der Waals surface area (Å²) in [5.41, 5.74) is 2.85. The lowest BCUT2D eigenvalue weighted by Crippen LogP contribution is -2.28. The number of halogens is 1. The quantitative estimate of drug-likeness (QED) is 0.551. The Morgan fingerprint density at radius 1 is 1.13 bits per heavy atom. The molecule has 0 aliphatic heterocycles. The van der Waals surface area contributed by atoms with Crippen LogP contribution in [0.4, 0.5) is 4.39 Å². The van der Waals surface area contributed by atoms with Gasteiger partial charge in [-0.1, -0.05) is 29.4 Å². The van der Waals surface area contributed by atoms with Crippen LogP contribution in [0.3, 0.4) is 0 Å². The third-order valence-electron chi connectivity index (χ3n) is 4.72. The van der Waals surface area contributed by atoms with E-state index in [1.165, 1.54) is 6.07 Å². The normalized spacial score (nSPS) is 10.6. The molecule has 1 aromatic heterocycles. The number of benzene rings is 2. The van der Waals surface area contributed by atoms with Crippen molar-refractivity contribution < 1.29 is 28.0 Å². The molecule has 0 saturated heterocycles. The molecule has 31 heavy (non-hydrogen) atoms. The first-order chi connectivity index (χ1) is 14.8. The Morgan fingerprint density at radius 2 is 1.90 bits per heavy atom. The first-order valence-corrected chi connectivity index (χ1v) is 9.67. The van der Waals surface area contributed by atoms with Crippen LogP contribution in [0.1, 0.15) is 38.5 Å². The fourth-order valence-corrected chi connectivity index (χ4v) is 2.83. The number of carbonyl (C=O) groups excluding carboxylic acids is 2. The maximum Gasteiger partial charge on any atom is 0.342 e.